The summed E-state index contributed by atoms with van der Waals surface area (Å²) in [5.41, 5.74) is 11.2. The van der Waals surface area contributed by atoms with Crippen LogP contribution in [0.5, 0.6) is 5.88 Å². The topological polar surface area (TPSA) is 101 Å². The number of fused-ring (bicyclic) bond motifs is 1. The smallest absolute Gasteiger partial charge is 0.244 e. The van der Waals surface area contributed by atoms with Gasteiger partial charge in [0.05, 0.1) is 17.2 Å². The van der Waals surface area contributed by atoms with Crippen LogP contribution in [0.25, 0.3) is 11.3 Å². The van der Waals surface area contributed by atoms with E-state index in [0.717, 1.165) is 28.8 Å². The average Bonchev–Trinajstić information content (AvgIpc) is 3.11. The molecule has 1 aliphatic rings. The number of aromatic nitrogens is 3. The molecule has 0 amide bonds. The van der Waals surface area contributed by atoms with Crippen molar-refractivity contribution < 1.29 is 4.74 Å². The van der Waals surface area contributed by atoms with Crippen LogP contribution in [0.3, 0.4) is 0 Å². The van der Waals surface area contributed by atoms with Crippen molar-refractivity contribution in [1.82, 2.24) is 15.2 Å². The van der Waals surface area contributed by atoms with Crippen molar-refractivity contribution in [3.8, 4) is 23.2 Å². The minimum Gasteiger partial charge on any atom is -0.420 e. The molecule has 28 heavy (non-hydrogen) atoms. The first kappa shape index (κ1) is 17.8. The van der Waals surface area contributed by atoms with E-state index in [-0.39, 0.29) is 11.8 Å². The van der Waals surface area contributed by atoms with E-state index in [4.69, 9.17) is 10.5 Å². The number of hydrogen-bond donors (Lipinski definition) is 2. The molecule has 0 spiro atoms. The molecule has 0 radical (unpaired) electrons. The number of ether oxygens (including phenoxy) is 1. The Balaban J connectivity index is 1.82. The second kappa shape index (κ2) is 7.20. The largest absolute Gasteiger partial charge is 0.420 e. The Hall–Kier alpha value is -3.59. The van der Waals surface area contributed by atoms with Crippen molar-refractivity contribution in [3.05, 3.63) is 76.9 Å². The van der Waals surface area contributed by atoms with Gasteiger partial charge in [0.2, 0.25) is 11.8 Å². The molecule has 4 rings (SSSR count). The Morgan fingerprint density at radius 3 is 2.54 bits per heavy atom. The molecule has 3 aromatic rings. The Labute approximate surface area is 163 Å². The van der Waals surface area contributed by atoms with Crippen LogP contribution in [0.4, 0.5) is 0 Å². The quantitative estimate of drug-likeness (QED) is 0.725. The summed E-state index contributed by atoms with van der Waals surface area (Å²) in [5.74, 6) is 0.726. The van der Waals surface area contributed by atoms with Gasteiger partial charge in [0.25, 0.3) is 0 Å². The molecule has 0 bridgehead atoms. The fourth-order valence-corrected chi connectivity index (χ4v) is 3.63. The number of aromatic amines is 1. The van der Waals surface area contributed by atoms with Gasteiger partial charge < -0.3 is 10.5 Å². The molecule has 2 aromatic heterocycles. The fourth-order valence-electron chi connectivity index (χ4n) is 3.63. The molecule has 1 aliphatic heterocycles. The first-order chi connectivity index (χ1) is 13.6. The van der Waals surface area contributed by atoms with E-state index in [1.54, 1.807) is 12.4 Å². The Morgan fingerprint density at radius 2 is 1.89 bits per heavy atom. The Bertz CT molecular complexity index is 1060. The van der Waals surface area contributed by atoms with Gasteiger partial charge in [-0.2, -0.15) is 5.26 Å². The van der Waals surface area contributed by atoms with Crippen molar-refractivity contribution in [2.45, 2.75) is 26.2 Å². The molecule has 1 atom stereocenters. The molecule has 3 heterocycles. The van der Waals surface area contributed by atoms with Crippen molar-refractivity contribution in [3.63, 3.8) is 0 Å². The highest BCUT2D eigenvalue weighted by molar-refractivity contribution is 5.71. The molecule has 0 saturated heterocycles. The Morgan fingerprint density at radius 1 is 1.18 bits per heavy atom. The fraction of sp³-hybridized carbons (Fsp3) is 0.227. The number of nitrogens with two attached hydrogens (primary N) is 1. The number of H-pyrrole nitrogens is 1. The third kappa shape index (κ3) is 3.12. The van der Waals surface area contributed by atoms with Crippen LogP contribution in [0.1, 0.15) is 36.5 Å². The monoisotopic (exact) mass is 371 g/mol. The van der Waals surface area contributed by atoms with Crippen molar-refractivity contribution in [2.75, 3.05) is 0 Å². The zero-order valence-corrected chi connectivity index (χ0v) is 15.8. The van der Waals surface area contributed by atoms with Gasteiger partial charge in [0.15, 0.2) is 0 Å². The van der Waals surface area contributed by atoms with Gasteiger partial charge in [-0.25, -0.2) is 0 Å². The van der Waals surface area contributed by atoms with E-state index >= 15 is 0 Å². The van der Waals surface area contributed by atoms with Crippen LogP contribution in [-0.4, -0.2) is 15.2 Å². The summed E-state index contributed by atoms with van der Waals surface area (Å²) in [4.78, 5) is 4.08. The molecule has 6 nitrogen and oxygen atoms in total. The SMILES string of the molecule is CC(C)Cc1ccc(-c2[nH]nc3c2[C@@H](c2ccncc2)C(C#N)=C(N)O3)cc1. The predicted molar refractivity (Wildman–Crippen MR) is 106 cm³/mol. The van der Waals surface area contributed by atoms with Gasteiger partial charge in [-0.05, 0) is 35.6 Å². The molecule has 0 unspecified atom stereocenters. The first-order valence-electron chi connectivity index (χ1n) is 9.23. The lowest BCUT2D eigenvalue weighted by atomic mass is 9.83. The van der Waals surface area contributed by atoms with Gasteiger partial charge >= 0.3 is 0 Å². The summed E-state index contributed by atoms with van der Waals surface area (Å²) in [6.07, 6.45) is 4.44. The number of nitrogens with zero attached hydrogens (tertiary/aromatic N) is 3. The van der Waals surface area contributed by atoms with E-state index in [1.807, 2.05) is 12.1 Å². The lowest BCUT2D eigenvalue weighted by Crippen LogP contribution is -2.21. The molecular formula is C22H21N5O. The second-order valence-corrected chi connectivity index (χ2v) is 7.32. The number of hydrogen-bond acceptors (Lipinski definition) is 5. The number of pyridine rings is 1. The maximum Gasteiger partial charge on any atom is 0.244 e. The summed E-state index contributed by atoms with van der Waals surface area (Å²) in [6.45, 7) is 4.41. The van der Waals surface area contributed by atoms with Crippen LogP contribution in [0, 0.1) is 17.2 Å². The van der Waals surface area contributed by atoms with Gasteiger partial charge in [-0.3, -0.25) is 10.1 Å². The third-order valence-electron chi connectivity index (χ3n) is 4.86. The van der Waals surface area contributed by atoms with Crippen molar-refractivity contribution in [2.24, 2.45) is 11.7 Å². The lowest BCUT2D eigenvalue weighted by molar-refractivity contribution is 0.379. The number of nitrogens with one attached hydrogen (secondary N) is 1. The standard InChI is InChI=1S/C22H21N5O/c1-13(2)11-14-3-5-16(6-4-14)20-19-18(15-7-9-25-10-8-15)17(12-23)21(24)28-22(19)27-26-20/h3-10,13,18H,11,24H2,1-2H3,(H,26,27)/t18-/m0/s1. The summed E-state index contributed by atoms with van der Waals surface area (Å²) >= 11 is 0. The molecule has 1 aromatic carbocycles. The number of rotatable bonds is 4. The van der Waals surface area contributed by atoms with Gasteiger partial charge in [-0.15, -0.1) is 5.10 Å². The normalized spacial score (nSPS) is 15.9. The number of allylic oxidation sites excluding steroid dienone is 1. The summed E-state index contributed by atoms with van der Waals surface area (Å²) in [6, 6.07) is 14.4. The lowest BCUT2D eigenvalue weighted by Gasteiger charge is -2.24. The minimum absolute atomic E-state index is 0.0853. The molecule has 0 saturated carbocycles. The van der Waals surface area contributed by atoms with Gasteiger partial charge in [0.1, 0.15) is 11.6 Å². The number of nitriles is 1. The highest BCUT2D eigenvalue weighted by Crippen LogP contribution is 2.45. The molecule has 0 fully saturated rings. The van der Waals surface area contributed by atoms with Crippen LogP contribution in [0.2, 0.25) is 0 Å². The highest BCUT2D eigenvalue weighted by Gasteiger charge is 2.35. The number of benzene rings is 1. The summed E-state index contributed by atoms with van der Waals surface area (Å²) < 4.78 is 5.64. The molecular weight excluding hydrogens is 350 g/mol. The van der Waals surface area contributed by atoms with E-state index in [0.29, 0.717) is 17.4 Å². The second-order valence-electron chi connectivity index (χ2n) is 7.32. The van der Waals surface area contributed by atoms with E-state index in [9.17, 15) is 5.26 Å². The first-order valence-corrected chi connectivity index (χ1v) is 9.23. The zero-order valence-electron chi connectivity index (χ0n) is 15.8. The third-order valence-corrected chi connectivity index (χ3v) is 4.86. The predicted octanol–water partition coefficient (Wildman–Crippen LogP) is 3.89. The van der Waals surface area contributed by atoms with Crippen molar-refractivity contribution >= 4 is 0 Å². The van der Waals surface area contributed by atoms with E-state index in [2.05, 4.69) is 59.4 Å². The van der Waals surface area contributed by atoms with E-state index < -0.39 is 0 Å². The highest BCUT2D eigenvalue weighted by atomic mass is 16.5. The van der Waals surface area contributed by atoms with E-state index in [1.165, 1.54) is 5.56 Å². The maximum absolute atomic E-state index is 9.72. The average molecular weight is 371 g/mol. The molecule has 6 heteroatoms. The Kier molecular flexibility index (Phi) is 4.58. The molecule has 0 aliphatic carbocycles. The molecule has 140 valence electrons. The van der Waals surface area contributed by atoms with Crippen molar-refractivity contribution in [1.29, 1.82) is 5.26 Å². The zero-order chi connectivity index (χ0) is 19.7. The van der Waals surface area contributed by atoms with Gasteiger partial charge in [0, 0.05) is 18.0 Å². The van der Waals surface area contributed by atoms with Crippen LogP contribution >= 0.6 is 0 Å². The summed E-state index contributed by atoms with van der Waals surface area (Å²) in [7, 11) is 0. The molecule has 3 N–H and O–H groups in total. The van der Waals surface area contributed by atoms with Gasteiger partial charge in [-0.1, -0.05) is 38.1 Å². The van der Waals surface area contributed by atoms with Crippen LogP contribution < -0.4 is 10.5 Å². The van der Waals surface area contributed by atoms with Crippen LogP contribution in [-0.2, 0) is 6.42 Å². The van der Waals surface area contributed by atoms with Crippen LogP contribution in [0.15, 0.2) is 60.2 Å². The summed E-state index contributed by atoms with van der Waals surface area (Å²) in [5, 5.41) is 17.1. The maximum atomic E-state index is 9.72. The minimum atomic E-state index is -0.360.